The van der Waals surface area contributed by atoms with Gasteiger partial charge in [0.05, 0.1) is 11.5 Å². The van der Waals surface area contributed by atoms with E-state index in [1.54, 1.807) is 11.3 Å². The molecule has 3 N–H and O–H groups in total. The molecule has 2 aromatic heterocycles. The van der Waals surface area contributed by atoms with Gasteiger partial charge >= 0.3 is 0 Å². The monoisotopic (exact) mass is 264 g/mol. The second-order valence-corrected chi connectivity index (χ2v) is 5.78. The van der Waals surface area contributed by atoms with Gasteiger partial charge in [0.15, 0.2) is 5.82 Å². The number of nitrogens with zero attached hydrogens (tertiary/aromatic N) is 2. The van der Waals surface area contributed by atoms with Crippen molar-refractivity contribution in [3.63, 3.8) is 0 Å². The highest BCUT2D eigenvalue weighted by Gasteiger charge is 2.19. The molecule has 1 saturated heterocycles. The molecule has 3 heterocycles. The molecule has 1 aliphatic rings. The van der Waals surface area contributed by atoms with Crippen LogP contribution in [0.3, 0.4) is 0 Å². The van der Waals surface area contributed by atoms with Gasteiger partial charge in [-0.05, 0) is 25.8 Å². The molecule has 0 spiro atoms. The molecule has 0 aromatic carbocycles. The van der Waals surface area contributed by atoms with Crippen LogP contribution >= 0.6 is 11.3 Å². The minimum atomic E-state index is 0.258. The first-order valence-corrected chi connectivity index (χ1v) is 6.93. The zero-order valence-corrected chi connectivity index (χ0v) is 11.1. The molecule has 0 saturated carbocycles. The fourth-order valence-corrected chi connectivity index (χ4v) is 3.19. The molecule has 1 atom stereocenters. The maximum Gasteiger partial charge on any atom is 0.152 e. The molecule has 3 rings (SSSR count). The molecule has 6 heteroatoms. The van der Waals surface area contributed by atoms with Gasteiger partial charge < -0.3 is 10.2 Å². The summed E-state index contributed by atoms with van der Waals surface area (Å²) in [6.45, 7) is 2.92. The van der Waals surface area contributed by atoms with E-state index in [1.165, 1.54) is 4.88 Å². The van der Waals surface area contributed by atoms with E-state index in [1.807, 2.05) is 0 Å². The lowest BCUT2D eigenvalue weighted by molar-refractivity contribution is 0.110. The summed E-state index contributed by atoms with van der Waals surface area (Å²) >= 11 is 1.67. The number of aryl methyl sites for hydroxylation is 1. The van der Waals surface area contributed by atoms with Crippen molar-refractivity contribution in [2.24, 2.45) is 5.84 Å². The average molecular weight is 264 g/mol. The van der Waals surface area contributed by atoms with Crippen molar-refractivity contribution in [1.82, 2.24) is 9.97 Å². The Morgan fingerprint density at radius 3 is 3.17 bits per heavy atom. The average Bonchev–Trinajstić information content (AvgIpc) is 2.96. The van der Waals surface area contributed by atoms with E-state index in [0.29, 0.717) is 5.82 Å². The van der Waals surface area contributed by atoms with E-state index in [4.69, 9.17) is 10.6 Å². The number of nitrogens with two attached hydrogens (primary N) is 1. The van der Waals surface area contributed by atoms with Crippen LogP contribution in [0.25, 0.3) is 10.2 Å². The predicted octanol–water partition coefficient (Wildman–Crippen LogP) is 2.01. The summed E-state index contributed by atoms with van der Waals surface area (Å²) in [5.74, 6) is 7.05. The van der Waals surface area contributed by atoms with Gasteiger partial charge in [0.1, 0.15) is 10.7 Å². The molecule has 96 valence electrons. The van der Waals surface area contributed by atoms with Crippen LogP contribution in [0.5, 0.6) is 0 Å². The van der Waals surface area contributed by atoms with Crippen LogP contribution in [-0.2, 0) is 11.2 Å². The minimum absolute atomic E-state index is 0.258. The molecular formula is C12H16N4OS. The second-order valence-electron chi connectivity index (χ2n) is 4.55. The minimum Gasteiger partial charge on any atom is -0.378 e. The smallest absolute Gasteiger partial charge is 0.152 e. The molecule has 0 radical (unpaired) electrons. The fourth-order valence-electron chi connectivity index (χ4n) is 2.30. The molecule has 18 heavy (non-hydrogen) atoms. The quantitative estimate of drug-likeness (QED) is 0.655. The zero-order chi connectivity index (χ0) is 12.5. The topological polar surface area (TPSA) is 73.1 Å². The number of hydrazine groups is 1. The summed E-state index contributed by atoms with van der Waals surface area (Å²) in [7, 11) is 0. The van der Waals surface area contributed by atoms with Crippen molar-refractivity contribution in [1.29, 1.82) is 0 Å². The van der Waals surface area contributed by atoms with Crippen LogP contribution in [-0.4, -0.2) is 22.7 Å². The lowest BCUT2D eigenvalue weighted by atomic mass is 10.2. The van der Waals surface area contributed by atoms with Crippen LogP contribution in [0.2, 0.25) is 0 Å². The Bertz CT molecular complexity index is 562. The van der Waals surface area contributed by atoms with Gasteiger partial charge in [-0.25, -0.2) is 15.8 Å². The Balaban J connectivity index is 1.96. The molecule has 0 aliphatic carbocycles. The van der Waals surface area contributed by atoms with E-state index >= 15 is 0 Å². The van der Waals surface area contributed by atoms with Crippen LogP contribution in [0.4, 0.5) is 5.82 Å². The number of aromatic nitrogens is 2. The highest BCUT2D eigenvalue weighted by Crippen LogP contribution is 2.28. The first kappa shape index (κ1) is 11.8. The first-order chi connectivity index (χ1) is 8.76. The predicted molar refractivity (Wildman–Crippen MR) is 72.6 cm³/mol. The van der Waals surface area contributed by atoms with Gasteiger partial charge in [-0.1, -0.05) is 0 Å². The maximum atomic E-state index is 5.62. The number of nitrogens with one attached hydrogen (secondary N) is 1. The summed E-state index contributed by atoms with van der Waals surface area (Å²) in [6.07, 6.45) is 3.25. The molecule has 5 nitrogen and oxygen atoms in total. The molecule has 2 aromatic rings. The van der Waals surface area contributed by atoms with Gasteiger partial charge in [0.25, 0.3) is 0 Å². The number of fused-ring (bicyclic) bond motifs is 1. The van der Waals surface area contributed by atoms with Crippen molar-refractivity contribution < 1.29 is 4.74 Å². The van der Waals surface area contributed by atoms with Crippen molar-refractivity contribution in [2.45, 2.75) is 32.3 Å². The number of ether oxygens (including phenoxy) is 1. The molecule has 0 amide bonds. The van der Waals surface area contributed by atoms with Crippen molar-refractivity contribution in [2.75, 3.05) is 12.0 Å². The Hall–Kier alpha value is -1.24. The van der Waals surface area contributed by atoms with Gasteiger partial charge in [0.2, 0.25) is 0 Å². The third-order valence-corrected chi connectivity index (χ3v) is 4.08. The number of hydrogen-bond donors (Lipinski definition) is 2. The normalized spacial score (nSPS) is 19.6. The number of thiophene rings is 1. The number of hydrogen-bond acceptors (Lipinski definition) is 6. The summed E-state index contributed by atoms with van der Waals surface area (Å²) in [5, 5.41) is 0.996. The summed E-state index contributed by atoms with van der Waals surface area (Å²) in [4.78, 5) is 11.3. The summed E-state index contributed by atoms with van der Waals surface area (Å²) < 4.78 is 5.62. The largest absolute Gasteiger partial charge is 0.378 e. The third-order valence-electron chi connectivity index (χ3n) is 3.13. The van der Waals surface area contributed by atoms with E-state index in [0.717, 1.165) is 41.9 Å². The van der Waals surface area contributed by atoms with Gasteiger partial charge in [-0.2, -0.15) is 0 Å². The molecule has 1 fully saturated rings. The first-order valence-electron chi connectivity index (χ1n) is 6.11. The van der Waals surface area contributed by atoms with E-state index in [9.17, 15) is 0 Å². The number of rotatable bonds is 3. The van der Waals surface area contributed by atoms with Crippen LogP contribution in [0.15, 0.2) is 6.07 Å². The van der Waals surface area contributed by atoms with E-state index in [-0.39, 0.29) is 6.10 Å². The molecule has 1 aliphatic heterocycles. The second kappa shape index (κ2) is 4.79. The lowest BCUT2D eigenvalue weighted by Crippen LogP contribution is -2.14. The molecular weight excluding hydrogens is 248 g/mol. The number of anilines is 1. The van der Waals surface area contributed by atoms with Gasteiger partial charge in [-0.15, -0.1) is 11.3 Å². The van der Waals surface area contributed by atoms with Crippen LogP contribution in [0, 0.1) is 6.92 Å². The van der Waals surface area contributed by atoms with Crippen molar-refractivity contribution in [3.05, 3.63) is 16.8 Å². The Labute approximate surface area is 109 Å². The zero-order valence-electron chi connectivity index (χ0n) is 10.3. The highest BCUT2D eigenvalue weighted by atomic mass is 32.1. The van der Waals surface area contributed by atoms with Crippen molar-refractivity contribution in [3.8, 4) is 0 Å². The highest BCUT2D eigenvalue weighted by molar-refractivity contribution is 7.18. The SMILES string of the molecule is Cc1cc2c(NN)nc(CC3CCCO3)nc2s1. The summed E-state index contributed by atoms with van der Waals surface area (Å²) in [5.41, 5.74) is 2.66. The van der Waals surface area contributed by atoms with Crippen molar-refractivity contribution >= 4 is 27.4 Å². The van der Waals surface area contributed by atoms with Crippen LogP contribution < -0.4 is 11.3 Å². The number of nitrogen functional groups attached to an aromatic ring is 1. The molecule has 0 bridgehead atoms. The Kier molecular flexibility index (Phi) is 3.15. The van der Waals surface area contributed by atoms with E-state index < -0.39 is 0 Å². The fraction of sp³-hybridized carbons (Fsp3) is 0.500. The van der Waals surface area contributed by atoms with Gasteiger partial charge in [-0.3, -0.25) is 0 Å². The van der Waals surface area contributed by atoms with Gasteiger partial charge in [0, 0.05) is 17.9 Å². The Morgan fingerprint density at radius 2 is 2.44 bits per heavy atom. The van der Waals surface area contributed by atoms with Crippen LogP contribution in [0.1, 0.15) is 23.5 Å². The lowest BCUT2D eigenvalue weighted by Gasteiger charge is -2.09. The van der Waals surface area contributed by atoms with E-state index in [2.05, 4.69) is 28.4 Å². The standard InChI is InChI=1S/C12H16N4OS/c1-7-5-9-11(16-13)14-10(15-12(9)18-7)6-8-3-2-4-17-8/h5,8H,2-4,6,13H2,1H3,(H,14,15,16). The maximum absolute atomic E-state index is 5.62. The Morgan fingerprint density at radius 1 is 1.56 bits per heavy atom. The summed E-state index contributed by atoms with van der Waals surface area (Å²) in [6, 6.07) is 2.06. The third kappa shape index (κ3) is 2.19. The molecule has 1 unspecified atom stereocenters.